The van der Waals surface area contributed by atoms with E-state index in [-0.39, 0.29) is 12.5 Å². The summed E-state index contributed by atoms with van der Waals surface area (Å²) < 4.78 is 0. The molecule has 2 aromatic heterocycles. The van der Waals surface area contributed by atoms with E-state index in [1.165, 1.54) is 0 Å². The van der Waals surface area contributed by atoms with Crippen molar-refractivity contribution in [2.45, 2.75) is 25.8 Å². The number of carbonyl (C=O) groups excluding carboxylic acids is 1. The van der Waals surface area contributed by atoms with Crippen LogP contribution in [0.15, 0.2) is 24.5 Å². The molecule has 0 radical (unpaired) electrons. The minimum atomic E-state index is -0.594. The number of aliphatic hydroxyl groups is 1. The van der Waals surface area contributed by atoms with Gasteiger partial charge >= 0.3 is 0 Å². The second kappa shape index (κ2) is 4.78. The number of aliphatic hydroxyl groups excluding tert-OH is 1. The number of hydrogen-bond acceptors (Lipinski definition) is 3. The van der Waals surface area contributed by atoms with Gasteiger partial charge in [-0.1, -0.05) is 6.92 Å². The maximum atomic E-state index is 12.2. The molecule has 0 saturated carbocycles. The average Bonchev–Trinajstić information content (AvgIpc) is 2.86. The Bertz CT molecular complexity index is 558. The molecule has 18 heavy (non-hydrogen) atoms. The lowest BCUT2D eigenvalue weighted by molar-refractivity contribution is 0.0849. The lowest BCUT2D eigenvalue weighted by Gasteiger charge is -2.27. The number of aromatic nitrogens is 2. The highest BCUT2D eigenvalue weighted by atomic mass is 16.3. The summed E-state index contributed by atoms with van der Waals surface area (Å²) in [6.07, 6.45) is 4.01. The molecule has 5 nitrogen and oxygen atoms in total. The highest BCUT2D eigenvalue weighted by molar-refractivity contribution is 6.05. The van der Waals surface area contributed by atoms with E-state index < -0.39 is 5.54 Å². The molecule has 0 aliphatic heterocycles. The van der Waals surface area contributed by atoms with Gasteiger partial charge in [-0.15, -0.1) is 0 Å². The highest BCUT2D eigenvalue weighted by Gasteiger charge is 2.24. The summed E-state index contributed by atoms with van der Waals surface area (Å²) in [7, 11) is 0. The number of nitrogens with one attached hydrogen (secondary N) is 2. The van der Waals surface area contributed by atoms with Crippen molar-refractivity contribution in [1.82, 2.24) is 15.3 Å². The van der Waals surface area contributed by atoms with E-state index in [0.717, 1.165) is 5.39 Å². The molecule has 1 unspecified atom stereocenters. The molecule has 0 aliphatic rings. The van der Waals surface area contributed by atoms with Crippen LogP contribution in [0.5, 0.6) is 0 Å². The Morgan fingerprint density at radius 1 is 1.56 bits per heavy atom. The van der Waals surface area contributed by atoms with Crippen LogP contribution in [0, 0.1) is 0 Å². The number of aromatic amines is 1. The van der Waals surface area contributed by atoms with Crippen molar-refractivity contribution in [3.05, 3.63) is 30.1 Å². The van der Waals surface area contributed by atoms with Gasteiger partial charge in [0.05, 0.1) is 17.7 Å². The van der Waals surface area contributed by atoms with Crippen LogP contribution in [0.1, 0.15) is 30.6 Å². The van der Waals surface area contributed by atoms with Gasteiger partial charge in [0.25, 0.3) is 5.91 Å². The quantitative estimate of drug-likeness (QED) is 0.765. The van der Waals surface area contributed by atoms with Crippen molar-refractivity contribution >= 4 is 16.9 Å². The normalized spacial score (nSPS) is 14.4. The number of fused-ring (bicyclic) bond motifs is 1. The van der Waals surface area contributed by atoms with Gasteiger partial charge in [0.2, 0.25) is 0 Å². The molecule has 2 rings (SSSR count). The largest absolute Gasteiger partial charge is 0.394 e. The lowest BCUT2D eigenvalue weighted by atomic mass is 9.99. The second-order valence-corrected chi connectivity index (χ2v) is 4.62. The summed E-state index contributed by atoms with van der Waals surface area (Å²) >= 11 is 0. The number of nitrogens with zero attached hydrogens (tertiary/aromatic N) is 1. The van der Waals surface area contributed by atoms with Gasteiger partial charge in [0.1, 0.15) is 5.65 Å². The smallest absolute Gasteiger partial charge is 0.252 e. The zero-order chi connectivity index (χ0) is 13.2. The Hall–Kier alpha value is -1.88. The van der Waals surface area contributed by atoms with Crippen LogP contribution >= 0.6 is 0 Å². The third kappa shape index (κ3) is 2.22. The lowest BCUT2D eigenvalue weighted by Crippen LogP contribution is -2.48. The van der Waals surface area contributed by atoms with Crippen molar-refractivity contribution in [3.8, 4) is 0 Å². The Kier molecular flexibility index (Phi) is 3.34. The first-order valence-electron chi connectivity index (χ1n) is 5.95. The van der Waals surface area contributed by atoms with Gasteiger partial charge in [0, 0.05) is 17.8 Å². The van der Waals surface area contributed by atoms with E-state index in [9.17, 15) is 9.90 Å². The number of H-pyrrole nitrogens is 1. The van der Waals surface area contributed by atoms with Crippen molar-refractivity contribution in [3.63, 3.8) is 0 Å². The van der Waals surface area contributed by atoms with Gasteiger partial charge in [-0.05, 0) is 25.5 Å². The molecular weight excluding hydrogens is 230 g/mol. The predicted octanol–water partition coefficient (Wildman–Crippen LogP) is 1.45. The molecule has 0 spiro atoms. The Morgan fingerprint density at radius 3 is 3.00 bits per heavy atom. The monoisotopic (exact) mass is 247 g/mol. The number of carbonyl (C=O) groups is 1. The summed E-state index contributed by atoms with van der Waals surface area (Å²) in [6, 6.07) is 3.50. The van der Waals surface area contributed by atoms with Crippen LogP contribution in [0.3, 0.4) is 0 Å². The summed E-state index contributed by atoms with van der Waals surface area (Å²) in [5.41, 5.74) is 0.655. The van der Waals surface area contributed by atoms with Crippen LogP contribution in [0.25, 0.3) is 11.0 Å². The first-order chi connectivity index (χ1) is 8.59. The van der Waals surface area contributed by atoms with Crippen LogP contribution < -0.4 is 5.32 Å². The molecule has 0 aromatic carbocycles. The summed E-state index contributed by atoms with van der Waals surface area (Å²) in [5, 5.41) is 13.0. The van der Waals surface area contributed by atoms with E-state index in [1.807, 2.05) is 19.9 Å². The SMILES string of the molecule is CCC(C)(CO)NC(=O)c1ccnc2[nH]ccc12. The van der Waals surface area contributed by atoms with Crippen molar-refractivity contribution in [1.29, 1.82) is 0 Å². The van der Waals surface area contributed by atoms with E-state index >= 15 is 0 Å². The highest BCUT2D eigenvalue weighted by Crippen LogP contribution is 2.17. The zero-order valence-corrected chi connectivity index (χ0v) is 10.5. The van der Waals surface area contributed by atoms with E-state index in [1.54, 1.807) is 18.5 Å². The molecule has 1 atom stereocenters. The summed E-state index contributed by atoms with van der Waals surface area (Å²) in [6.45, 7) is 3.66. The maximum Gasteiger partial charge on any atom is 0.252 e. The fourth-order valence-electron chi connectivity index (χ4n) is 1.74. The first-order valence-corrected chi connectivity index (χ1v) is 5.95. The fourth-order valence-corrected chi connectivity index (χ4v) is 1.74. The molecule has 2 heterocycles. The van der Waals surface area contributed by atoms with E-state index in [0.29, 0.717) is 17.6 Å². The molecule has 1 amide bonds. The Labute approximate surface area is 105 Å². The molecule has 0 fully saturated rings. The van der Waals surface area contributed by atoms with Gasteiger partial charge in [-0.3, -0.25) is 4.79 Å². The molecule has 5 heteroatoms. The fraction of sp³-hybridized carbons (Fsp3) is 0.385. The van der Waals surface area contributed by atoms with Crippen LogP contribution in [0.2, 0.25) is 0 Å². The zero-order valence-electron chi connectivity index (χ0n) is 10.5. The van der Waals surface area contributed by atoms with Crippen LogP contribution in [-0.2, 0) is 0 Å². The molecule has 2 aromatic rings. The topological polar surface area (TPSA) is 78.0 Å². The number of rotatable bonds is 4. The van der Waals surface area contributed by atoms with E-state index in [2.05, 4.69) is 15.3 Å². The Morgan fingerprint density at radius 2 is 2.33 bits per heavy atom. The maximum absolute atomic E-state index is 12.2. The molecule has 3 N–H and O–H groups in total. The minimum absolute atomic E-state index is 0.0867. The summed E-state index contributed by atoms with van der Waals surface area (Å²) in [5.74, 6) is -0.194. The number of pyridine rings is 1. The molecule has 0 bridgehead atoms. The summed E-state index contributed by atoms with van der Waals surface area (Å²) in [4.78, 5) is 19.3. The average molecular weight is 247 g/mol. The van der Waals surface area contributed by atoms with Crippen LogP contribution in [0.4, 0.5) is 0 Å². The van der Waals surface area contributed by atoms with Crippen molar-refractivity contribution in [2.75, 3.05) is 6.61 Å². The van der Waals surface area contributed by atoms with Crippen LogP contribution in [-0.4, -0.2) is 33.1 Å². The Balaban J connectivity index is 2.31. The van der Waals surface area contributed by atoms with Gasteiger partial charge in [0.15, 0.2) is 0 Å². The third-order valence-corrected chi connectivity index (χ3v) is 3.25. The molecule has 0 saturated heterocycles. The standard InChI is InChI=1S/C13H17N3O2/c1-3-13(2,8-17)16-12(18)10-5-7-15-11-9(10)4-6-14-11/h4-7,17H,3,8H2,1-2H3,(H,14,15)(H,16,18). The molecule has 0 aliphatic carbocycles. The molecular formula is C13H17N3O2. The van der Waals surface area contributed by atoms with Gasteiger partial charge in [-0.2, -0.15) is 0 Å². The first kappa shape index (κ1) is 12.6. The van der Waals surface area contributed by atoms with Crippen molar-refractivity contribution < 1.29 is 9.90 Å². The van der Waals surface area contributed by atoms with Gasteiger partial charge < -0.3 is 15.4 Å². The number of hydrogen-bond donors (Lipinski definition) is 3. The van der Waals surface area contributed by atoms with Gasteiger partial charge in [-0.25, -0.2) is 4.98 Å². The van der Waals surface area contributed by atoms with E-state index in [4.69, 9.17) is 0 Å². The minimum Gasteiger partial charge on any atom is -0.394 e. The van der Waals surface area contributed by atoms with Crippen molar-refractivity contribution in [2.24, 2.45) is 0 Å². The molecule has 96 valence electrons. The third-order valence-electron chi connectivity index (χ3n) is 3.25. The number of amides is 1. The predicted molar refractivity (Wildman–Crippen MR) is 69.3 cm³/mol. The second-order valence-electron chi connectivity index (χ2n) is 4.62.